The van der Waals surface area contributed by atoms with Gasteiger partial charge in [-0.1, -0.05) is 0 Å². The predicted molar refractivity (Wildman–Crippen MR) is 70.1 cm³/mol. The van der Waals surface area contributed by atoms with E-state index >= 15 is 0 Å². The Labute approximate surface area is 108 Å². The molecule has 0 unspecified atom stereocenters. The van der Waals surface area contributed by atoms with Gasteiger partial charge in [0.15, 0.2) is 5.78 Å². The Morgan fingerprint density at radius 1 is 1.39 bits per heavy atom. The van der Waals surface area contributed by atoms with Gasteiger partial charge in [0.25, 0.3) is 0 Å². The van der Waals surface area contributed by atoms with Crippen LogP contribution in [0.5, 0.6) is 5.75 Å². The van der Waals surface area contributed by atoms with Crippen molar-refractivity contribution in [2.45, 2.75) is 40.2 Å². The number of carbonyl (C=O) groups excluding carboxylic acids is 1. The lowest BCUT2D eigenvalue weighted by Crippen LogP contribution is -2.16. The van der Waals surface area contributed by atoms with Gasteiger partial charge in [0, 0.05) is 17.3 Å². The van der Waals surface area contributed by atoms with Crippen molar-refractivity contribution < 1.29 is 14.3 Å². The number of nitrogens with zero attached hydrogens (tertiary/aromatic N) is 1. The molecule has 0 bridgehead atoms. The van der Waals surface area contributed by atoms with Crippen LogP contribution in [0.25, 0.3) is 0 Å². The maximum atomic E-state index is 11.7. The van der Waals surface area contributed by atoms with Crippen molar-refractivity contribution in [2.75, 3.05) is 13.7 Å². The zero-order chi connectivity index (χ0) is 13.7. The smallest absolute Gasteiger partial charge is 0.164 e. The van der Waals surface area contributed by atoms with Gasteiger partial charge in [0.1, 0.15) is 12.4 Å². The first kappa shape index (κ1) is 14.6. The monoisotopic (exact) mass is 251 g/mol. The van der Waals surface area contributed by atoms with Crippen LogP contribution in [0.2, 0.25) is 0 Å². The van der Waals surface area contributed by atoms with Crippen LogP contribution in [0.15, 0.2) is 6.20 Å². The van der Waals surface area contributed by atoms with Gasteiger partial charge in [-0.15, -0.1) is 0 Å². The molecular weight excluding hydrogens is 230 g/mol. The molecule has 4 nitrogen and oxygen atoms in total. The summed E-state index contributed by atoms with van der Waals surface area (Å²) in [5, 5.41) is 0. The first-order chi connectivity index (χ1) is 8.45. The highest BCUT2D eigenvalue weighted by Crippen LogP contribution is 2.24. The zero-order valence-corrected chi connectivity index (χ0v) is 11.7. The van der Waals surface area contributed by atoms with Crippen LogP contribution < -0.4 is 4.74 Å². The largest absolute Gasteiger partial charge is 0.496 e. The van der Waals surface area contributed by atoms with Gasteiger partial charge >= 0.3 is 0 Å². The summed E-state index contributed by atoms with van der Waals surface area (Å²) < 4.78 is 10.6. The minimum absolute atomic E-state index is 0.0326. The van der Waals surface area contributed by atoms with E-state index in [1.807, 2.05) is 27.7 Å². The van der Waals surface area contributed by atoms with E-state index in [1.165, 1.54) is 0 Å². The van der Waals surface area contributed by atoms with Gasteiger partial charge in [0.05, 0.1) is 25.3 Å². The molecule has 18 heavy (non-hydrogen) atoms. The van der Waals surface area contributed by atoms with Crippen LogP contribution in [-0.4, -0.2) is 30.6 Å². The average molecular weight is 251 g/mol. The van der Waals surface area contributed by atoms with Gasteiger partial charge in [-0.3, -0.25) is 9.78 Å². The predicted octanol–water partition coefficient (Wildman–Crippen LogP) is 2.24. The fraction of sp³-hybridized carbons (Fsp3) is 0.571. The van der Waals surface area contributed by atoms with Crippen LogP contribution in [0.3, 0.4) is 0 Å². The van der Waals surface area contributed by atoms with E-state index in [4.69, 9.17) is 9.47 Å². The Bertz CT molecular complexity index is 427. The summed E-state index contributed by atoms with van der Waals surface area (Å²) in [6.07, 6.45) is 2.09. The van der Waals surface area contributed by atoms with E-state index in [0.29, 0.717) is 0 Å². The maximum Gasteiger partial charge on any atom is 0.164 e. The molecule has 0 saturated heterocycles. The number of aromatic nitrogens is 1. The van der Waals surface area contributed by atoms with Gasteiger partial charge in [0.2, 0.25) is 0 Å². The molecule has 0 aromatic carbocycles. The number of methoxy groups -OCH3 is 1. The summed E-state index contributed by atoms with van der Waals surface area (Å²) >= 11 is 0. The third-order valence-electron chi connectivity index (χ3n) is 2.69. The normalized spacial score (nSPS) is 10.8. The Kier molecular flexibility index (Phi) is 5.28. The SMILES string of the molecule is COc1c(C)cnc(CC(=O)COC(C)C)c1C. The van der Waals surface area contributed by atoms with Crippen molar-refractivity contribution in [3.05, 3.63) is 23.0 Å². The van der Waals surface area contributed by atoms with E-state index in [2.05, 4.69) is 4.98 Å². The topological polar surface area (TPSA) is 48.4 Å². The molecule has 0 saturated carbocycles. The summed E-state index contributed by atoms with van der Waals surface area (Å²) in [6.45, 7) is 7.81. The standard InChI is InChI=1S/C14H21NO3/c1-9(2)18-8-12(16)6-13-11(4)14(17-5)10(3)7-15-13/h7,9H,6,8H2,1-5H3. The quantitative estimate of drug-likeness (QED) is 0.778. The first-order valence-electron chi connectivity index (χ1n) is 6.08. The van der Waals surface area contributed by atoms with Gasteiger partial charge in [-0.25, -0.2) is 0 Å². The fourth-order valence-electron chi connectivity index (χ4n) is 1.75. The zero-order valence-electron chi connectivity index (χ0n) is 11.7. The molecule has 0 N–H and O–H groups in total. The Morgan fingerprint density at radius 3 is 2.61 bits per heavy atom. The second kappa shape index (κ2) is 6.50. The van der Waals surface area contributed by atoms with E-state index in [0.717, 1.165) is 22.6 Å². The van der Waals surface area contributed by atoms with E-state index in [1.54, 1.807) is 13.3 Å². The number of pyridine rings is 1. The Morgan fingerprint density at radius 2 is 2.06 bits per heavy atom. The number of rotatable bonds is 6. The van der Waals surface area contributed by atoms with Gasteiger partial charge < -0.3 is 9.47 Å². The Hall–Kier alpha value is -1.42. The molecule has 0 radical (unpaired) electrons. The number of carbonyl (C=O) groups is 1. The van der Waals surface area contributed by atoms with Crippen molar-refractivity contribution in [2.24, 2.45) is 0 Å². The lowest BCUT2D eigenvalue weighted by atomic mass is 10.1. The van der Waals surface area contributed by atoms with Crippen LogP contribution in [-0.2, 0) is 16.0 Å². The highest BCUT2D eigenvalue weighted by atomic mass is 16.5. The summed E-state index contributed by atoms with van der Waals surface area (Å²) in [6, 6.07) is 0. The molecule has 1 aromatic heterocycles. The fourth-order valence-corrected chi connectivity index (χ4v) is 1.75. The molecule has 1 aromatic rings. The number of hydrogen-bond donors (Lipinski definition) is 0. The molecule has 0 aliphatic rings. The highest BCUT2D eigenvalue weighted by molar-refractivity contribution is 5.82. The molecule has 0 spiro atoms. The van der Waals surface area contributed by atoms with E-state index in [-0.39, 0.29) is 24.9 Å². The summed E-state index contributed by atoms with van der Waals surface area (Å²) in [5.74, 6) is 0.836. The van der Waals surface area contributed by atoms with Crippen LogP contribution in [0, 0.1) is 13.8 Å². The molecule has 1 heterocycles. The maximum absolute atomic E-state index is 11.7. The first-order valence-corrected chi connectivity index (χ1v) is 6.08. The van der Waals surface area contributed by atoms with Crippen molar-refractivity contribution in [1.82, 2.24) is 4.98 Å². The number of Topliss-reactive ketones (excluding diaryl/α,β-unsaturated/α-hetero) is 1. The minimum Gasteiger partial charge on any atom is -0.496 e. The summed E-state index contributed by atoms with van der Waals surface area (Å²) in [5.41, 5.74) is 2.66. The number of hydrogen-bond acceptors (Lipinski definition) is 4. The van der Waals surface area contributed by atoms with Gasteiger partial charge in [-0.2, -0.15) is 0 Å². The molecule has 100 valence electrons. The van der Waals surface area contributed by atoms with Crippen molar-refractivity contribution >= 4 is 5.78 Å². The van der Waals surface area contributed by atoms with E-state index < -0.39 is 0 Å². The van der Waals surface area contributed by atoms with Crippen molar-refractivity contribution in [3.8, 4) is 5.75 Å². The lowest BCUT2D eigenvalue weighted by molar-refractivity contribution is -0.124. The molecule has 0 aliphatic carbocycles. The van der Waals surface area contributed by atoms with Crippen LogP contribution in [0.4, 0.5) is 0 Å². The van der Waals surface area contributed by atoms with Crippen LogP contribution in [0.1, 0.15) is 30.7 Å². The van der Waals surface area contributed by atoms with Crippen molar-refractivity contribution in [1.29, 1.82) is 0 Å². The molecule has 0 fully saturated rings. The minimum atomic E-state index is 0.0326. The average Bonchev–Trinajstić information content (AvgIpc) is 2.31. The third-order valence-corrected chi connectivity index (χ3v) is 2.69. The molecule has 0 aliphatic heterocycles. The molecular formula is C14H21NO3. The lowest BCUT2D eigenvalue weighted by Gasteiger charge is -2.12. The Balaban J connectivity index is 2.76. The summed E-state index contributed by atoms with van der Waals surface area (Å²) in [4.78, 5) is 16.0. The van der Waals surface area contributed by atoms with E-state index in [9.17, 15) is 4.79 Å². The van der Waals surface area contributed by atoms with Crippen LogP contribution >= 0.6 is 0 Å². The van der Waals surface area contributed by atoms with Crippen molar-refractivity contribution in [3.63, 3.8) is 0 Å². The number of aryl methyl sites for hydroxylation is 1. The second-order valence-electron chi connectivity index (χ2n) is 4.62. The summed E-state index contributed by atoms with van der Waals surface area (Å²) in [7, 11) is 1.63. The third kappa shape index (κ3) is 3.81. The molecule has 1 rings (SSSR count). The number of ketones is 1. The molecule has 4 heteroatoms. The molecule has 0 amide bonds. The van der Waals surface area contributed by atoms with Gasteiger partial charge in [-0.05, 0) is 27.7 Å². The molecule has 0 atom stereocenters. The number of ether oxygens (including phenoxy) is 2. The second-order valence-corrected chi connectivity index (χ2v) is 4.62. The highest BCUT2D eigenvalue weighted by Gasteiger charge is 2.13.